The van der Waals surface area contributed by atoms with Crippen molar-refractivity contribution in [2.45, 2.75) is 49.3 Å². The summed E-state index contributed by atoms with van der Waals surface area (Å²) in [7, 11) is -0.300. The van der Waals surface area contributed by atoms with Gasteiger partial charge in [0.1, 0.15) is 11.0 Å². The summed E-state index contributed by atoms with van der Waals surface area (Å²) in [6, 6.07) is 29.5. The molecule has 0 spiro atoms. The lowest BCUT2D eigenvalue weighted by Crippen LogP contribution is -2.69. The molecule has 36 heavy (non-hydrogen) atoms. The fourth-order valence-electron chi connectivity index (χ4n) is 5.58. The highest BCUT2D eigenvalue weighted by atomic mass is 32.2. The number of nitrogens with zero attached hydrogens (tertiary/aromatic N) is 1. The molecule has 0 heterocycles. The minimum Gasteiger partial charge on any atom is -0.398 e. The Morgan fingerprint density at radius 1 is 0.778 bits per heavy atom. The second-order valence-corrected chi connectivity index (χ2v) is 17.7. The molecule has 0 unspecified atom stereocenters. The lowest BCUT2D eigenvalue weighted by atomic mass is 10.1. The Morgan fingerprint density at radius 3 is 1.64 bits per heavy atom. The lowest BCUT2D eigenvalue weighted by Gasteiger charge is -2.47. The molecule has 6 heteroatoms. The van der Waals surface area contributed by atoms with Gasteiger partial charge in [-0.05, 0) is 34.0 Å². The Balaban J connectivity index is 1.86. The molecule has 1 aliphatic rings. The van der Waals surface area contributed by atoms with Crippen LogP contribution in [-0.4, -0.2) is 54.5 Å². The van der Waals surface area contributed by atoms with E-state index in [-0.39, 0.29) is 17.2 Å². The zero-order valence-electron chi connectivity index (χ0n) is 22.2. The molecule has 0 saturated heterocycles. The quantitative estimate of drug-likeness (QED) is 0.333. The maximum atomic E-state index is 13.8. The van der Waals surface area contributed by atoms with E-state index in [0.717, 1.165) is 0 Å². The van der Waals surface area contributed by atoms with Crippen LogP contribution in [0, 0.1) is 0 Å². The summed E-state index contributed by atoms with van der Waals surface area (Å²) in [4.78, 5) is 0.796. The summed E-state index contributed by atoms with van der Waals surface area (Å²) in [5.74, 6) is 0. The predicted molar refractivity (Wildman–Crippen MR) is 151 cm³/mol. The third kappa shape index (κ3) is 4.75. The van der Waals surface area contributed by atoms with E-state index in [9.17, 15) is 8.42 Å². The van der Waals surface area contributed by atoms with Crippen LogP contribution in [0.25, 0.3) is 0 Å². The highest BCUT2D eigenvalue weighted by molar-refractivity contribution is 7.95. The van der Waals surface area contributed by atoms with Crippen LogP contribution >= 0.6 is 0 Å². The first-order valence-electron chi connectivity index (χ1n) is 12.5. The summed E-state index contributed by atoms with van der Waals surface area (Å²) < 4.78 is 35.5. The average Bonchev–Trinajstić information content (AvgIpc) is 3.29. The molecule has 3 aromatic carbocycles. The van der Waals surface area contributed by atoms with E-state index in [4.69, 9.17) is 4.43 Å². The summed E-state index contributed by atoms with van der Waals surface area (Å²) in [5.41, 5.74) is 0. The molecule has 0 radical (unpaired) electrons. The van der Waals surface area contributed by atoms with Gasteiger partial charge in [-0.1, -0.05) is 106 Å². The maximum Gasteiger partial charge on any atom is 0.261 e. The van der Waals surface area contributed by atoms with Crippen LogP contribution in [0.4, 0.5) is 0 Å². The maximum absolute atomic E-state index is 13.8. The van der Waals surface area contributed by atoms with E-state index in [2.05, 4.69) is 90.4 Å². The van der Waals surface area contributed by atoms with E-state index < -0.39 is 18.2 Å². The van der Waals surface area contributed by atoms with Gasteiger partial charge in [0.05, 0.1) is 26.0 Å². The highest BCUT2D eigenvalue weighted by Crippen LogP contribution is 2.42. The Hall–Kier alpha value is -2.51. The molecule has 190 valence electrons. The molecule has 0 aliphatic heterocycles. The van der Waals surface area contributed by atoms with Crippen LogP contribution in [0.3, 0.4) is 0 Å². The first-order chi connectivity index (χ1) is 16.9. The Kier molecular flexibility index (Phi) is 7.19. The molecular formula is C30H38NO3SSi+. The molecule has 3 aromatic rings. The summed E-state index contributed by atoms with van der Waals surface area (Å²) in [5, 5.41) is 2.21. The van der Waals surface area contributed by atoms with Gasteiger partial charge in [-0.25, -0.2) is 8.42 Å². The number of hydrogen-bond acceptors (Lipinski definition) is 3. The molecule has 0 saturated carbocycles. The highest BCUT2D eigenvalue weighted by Gasteiger charge is 2.55. The molecule has 1 aliphatic carbocycles. The zero-order valence-corrected chi connectivity index (χ0v) is 24.0. The van der Waals surface area contributed by atoms with Crippen molar-refractivity contribution in [1.82, 2.24) is 0 Å². The fraction of sp³-hybridized carbons (Fsp3) is 0.333. The first-order valence-corrected chi connectivity index (χ1v) is 15.9. The van der Waals surface area contributed by atoms with Crippen LogP contribution in [-0.2, 0) is 14.3 Å². The van der Waals surface area contributed by atoms with Gasteiger partial charge in [-0.3, -0.25) is 0 Å². The first kappa shape index (κ1) is 26.5. The van der Waals surface area contributed by atoms with Gasteiger partial charge in [0.15, 0.2) is 6.04 Å². The van der Waals surface area contributed by atoms with Crippen molar-refractivity contribution in [3.05, 3.63) is 102 Å². The Morgan fingerprint density at radius 2 is 1.22 bits per heavy atom. The van der Waals surface area contributed by atoms with Gasteiger partial charge in [0.25, 0.3) is 8.32 Å². The van der Waals surface area contributed by atoms with E-state index in [1.807, 2.05) is 24.3 Å². The smallest absolute Gasteiger partial charge is 0.261 e. The zero-order chi connectivity index (χ0) is 26.2. The topological polar surface area (TPSA) is 43.4 Å². The minimum absolute atomic E-state index is 0.188. The van der Waals surface area contributed by atoms with Crippen molar-refractivity contribution in [2.75, 3.05) is 21.1 Å². The number of likely N-dealkylation sites (N-methyl/N-ethyl adjacent to an activating group) is 1. The summed E-state index contributed by atoms with van der Waals surface area (Å²) in [6.45, 7) is 6.76. The van der Waals surface area contributed by atoms with E-state index in [1.54, 1.807) is 24.3 Å². The molecule has 2 atom stereocenters. The van der Waals surface area contributed by atoms with Crippen molar-refractivity contribution < 1.29 is 17.3 Å². The molecule has 0 fully saturated rings. The van der Waals surface area contributed by atoms with Gasteiger partial charge in [-0.2, -0.15) is 0 Å². The van der Waals surface area contributed by atoms with Crippen LogP contribution in [0.5, 0.6) is 0 Å². The molecule has 0 aromatic heterocycles. The summed E-state index contributed by atoms with van der Waals surface area (Å²) in [6.07, 6.45) is 2.19. The van der Waals surface area contributed by atoms with Crippen molar-refractivity contribution in [2.24, 2.45) is 0 Å². The number of benzene rings is 3. The number of sulfone groups is 1. The largest absolute Gasteiger partial charge is 0.398 e. The van der Waals surface area contributed by atoms with E-state index in [1.165, 1.54) is 10.4 Å². The number of hydrogen-bond donors (Lipinski definition) is 0. The standard InChI is InChI=1S/C30H38NO3SSi/c1-30(2,3)36(25-18-12-8-13-19-25,26-20-14-9-15-21-26)34-27-22-23-28(29(27)31(4,5)6)35(32,33)24-16-10-7-11-17-24/h7-21,23,27,29H,22H2,1-6H3/q+1/t27-,29-/m1/s1. The predicted octanol–water partition coefficient (Wildman–Crippen LogP) is 4.77. The van der Waals surface area contributed by atoms with Gasteiger partial charge < -0.3 is 8.91 Å². The number of rotatable bonds is 7. The third-order valence-corrected chi connectivity index (χ3v) is 14.1. The number of quaternary nitrogens is 1. The van der Waals surface area contributed by atoms with Crippen LogP contribution in [0.1, 0.15) is 27.2 Å². The van der Waals surface area contributed by atoms with Crippen LogP contribution in [0.15, 0.2) is 107 Å². The fourth-order valence-corrected chi connectivity index (χ4v) is 12.2. The van der Waals surface area contributed by atoms with Gasteiger partial charge in [-0.15, -0.1) is 0 Å². The van der Waals surface area contributed by atoms with Gasteiger partial charge in [0.2, 0.25) is 9.84 Å². The van der Waals surface area contributed by atoms with Crippen molar-refractivity contribution >= 4 is 28.5 Å². The minimum atomic E-state index is -3.64. The van der Waals surface area contributed by atoms with Crippen molar-refractivity contribution in [3.8, 4) is 0 Å². The molecule has 0 amide bonds. The van der Waals surface area contributed by atoms with Crippen LogP contribution in [0.2, 0.25) is 5.04 Å². The average molecular weight is 521 g/mol. The second-order valence-electron chi connectivity index (χ2n) is 11.5. The van der Waals surface area contributed by atoms with Gasteiger partial charge >= 0.3 is 0 Å². The van der Waals surface area contributed by atoms with E-state index >= 15 is 0 Å². The molecular weight excluding hydrogens is 482 g/mol. The summed E-state index contributed by atoms with van der Waals surface area (Å²) >= 11 is 0. The SMILES string of the molecule is CC(C)(C)[Si](O[C@@H]1CC=C(S(=O)(=O)c2ccccc2)[C@@H]1[N+](C)(C)C)(c1ccccc1)c1ccccc1. The molecule has 4 rings (SSSR count). The lowest BCUT2D eigenvalue weighted by molar-refractivity contribution is -0.892. The third-order valence-electron chi connectivity index (χ3n) is 7.14. The second kappa shape index (κ2) is 9.75. The van der Waals surface area contributed by atoms with Crippen LogP contribution < -0.4 is 10.4 Å². The van der Waals surface area contributed by atoms with Gasteiger partial charge in [0, 0.05) is 0 Å². The van der Waals surface area contributed by atoms with Crippen molar-refractivity contribution in [3.63, 3.8) is 0 Å². The molecule has 4 nitrogen and oxygen atoms in total. The molecule has 0 bridgehead atoms. The molecule has 0 N–H and O–H groups in total. The van der Waals surface area contributed by atoms with E-state index in [0.29, 0.717) is 20.7 Å². The Labute approximate surface area is 217 Å². The normalized spacial score (nSPS) is 19.2. The monoisotopic (exact) mass is 520 g/mol. The van der Waals surface area contributed by atoms with Crippen molar-refractivity contribution in [1.29, 1.82) is 0 Å². The Bertz CT molecular complexity index is 1270.